The van der Waals surface area contributed by atoms with Gasteiger partial charge < -0.3 is 15.4 Å². The second kappa shape index (κ2) is 7.46. The van der Waals surface area contributed by atoms with Crippen LogP contribution in [0.1, 0.15) is 50.8 Å². The van der Waals surface area contributed by atoms with Crippen LogP contribution >= 0.6 is 0 Å². The molecular formula is C17H26N2O2. The minimum Gasteiger partial charge on any atom is -0.481 e. The Morgan fingerprint density at radius 2 is 2.19 bits per heavy atom. The fraction of sp³-hybridized carbons (Fsp3) is 0.588. The summed E-state index contributed by atoms with van der Waals surface area (Å²) in [6.45, 7) is 7.41. The van der Waals surface area contributed by atoms with E-state index in [-0.39, 0.29) is 5.91 Å². The number of likely N-dealkylation sites (N-methyl/N-ethyl adjacent to an activating group) is 1. The van der Waals surface area contributed by atoms with E-state index >= 15 is 0 Å². The molecule has 1 aromatic carbocycles. The molecule has 0 spiro atoms. The molecule has 0 bridgehead atoms. The molecule has 0 heterocycles. The lowest BCUT2D eigenvalue weighted by molar-refractivity contribution is -0.127. The third-order valence-electron chi connectivity index (χ3n) is 3.92. The van der Waals surface area contributed by atoms with E-state index in [1.54, 1.807) is 6.92 Å². The summed E-state index contributed by atoms with van der Waals surface area (Å²) in [5.74, 6) is 0.704. The molecule has 2 rings (SSSR count). The summed E-state index contributed by atoms with van der Waals surface area (Å²) in [7, 11) is 0. The highest BCUT2D eigenvalue weighted by atomic mass is 16.5. The van der Waals surface area contributed by atoms with Crippen molar-refractivity contribution in [1.82, 2.24) is 10.6 Å². The lowest BCUT2D eigenvalue weighted by Gasteiger charge is -2.27. The quantitative estimate of drug-likeness (QED) is 0.846. The molecule has 116 valence electrons. The van der Waals surface area contributed by atoms with Crippen LogP contribution in [-0.4, -0.2) is 25.1 Å². The Kier molecular flexibility index (Phi) is 5.62. The fourth-order valence-electron chi connectivity index (χ4n) is 2.88. The van der Waals surface area contributed by atoms with Gasteiger partial charge in [0, 0.05) is 12.6 Å². The number of hydrogen-bond acceptors (Lipinski definition) is 3. The van der Waals surface area contributed by atoms with Gasteiger partial charge in [-0.1, -0.05) is 13.0 Å². The smallest absolute Gasteiger partial charge is 0.260 e. The number of ether oxygens (including phenoxy) is 1. The van der Waals surface area contributed by atoms with E-state index in [1.807, 2.05) is 13.0 Å². The van der Waals surface area contributed by atoms with Gasteiger partial charge in [0.05, 0.1) is 0 Å². The topological polar surface area (TPSA) is 50.4 Å². The Labute approximate surface area is 127 Å². The Balaban J connectivity index is 2.12. The summed E-state index contributed by atoms with van der Waals surface area (Å²) >= 11 is 0. The number of hydrogen-bond donors (Lipinski definition) is 2. The van der Waals surface area contributed by atoms with Crippen LogP contribution in [0.5, 0.6) is 5.75 Å². The van der Waals surface area contributed by atoms with Crippen LogP contribution in [0.3, 0.4) is 0 Å². The number of nitrogens with one attached hydrogen (secondary N) is 2. The van der Waals surface area contributed by atoms with Crippen molar-refractivity contribution in [2.45, 2.75) is 52.2 Å². The summed E-state index contributed by atoms with van der Waals surface area (Å²) in [6, 6.07) is 6.61. The van der Waals surface area contributed by atoms with E-state index in [2.05, 4.69) is 29.7 Å². The van der Waals surface area contributed by atoms with Crippen LogP contribution in [0.4, 0.5) is 0 Å². The van der Waals surface area contributed by atoms with Gasteiger partial charge in [-0.15, -0.1) is 0 Å². The number of amides is 1. The van der Waals surface area contributed by atoms with E-state index in [0.717, 1.165) is 25.1 Å². The monoisotopic (exact) mass is 290 g/mol. The van der Waals surface area contributed by atoms with Crippen LogP contribution in [-0.2, 0) is 11.2 Å². The van der Waals surface area contributed by atoms with Crippen LogP contribution < -0.4 is 15.4 Å². The van der Waals surface area contributed by atoms with Gasteiger partial charge in [-0.2, -0.15) is 0 Å². The van der Waals surface area contributed by atoms with Crippen LogP contribution in [0.25, 0.3) is 0 Å². The van der Waals surface area contributed by atoms with E-state index in [4.69, 9.17) is 4.74 Å². The number of benzene rings is 1. The number of aryl methyl sites for hydroxylation is 1. The third-order valence-corrected chi connectivity index (χ3v) is 3.92. The summed E-state index contributed by atoms with van der Waals surface area (Å²) in [5.41, 5.74) is 2.72. The van der Waals surface area contributed by atoms with Crippen molar-refractivity contribution in [2.24, 2.45) is 0 Å². The highest BCUT2D eigenvalue weighted by molar-refractivity contribution is 5.80. The molecular weight excluding hydrogens is 264 g/mol. The van der Waals surface area contributed by atoms with Crippen molar-refractivity contribution in [1.29, 1.82) is 0 Å². The molecule has 21 heavy (non-hydrogen) atoms. The van der Waals surface area contributed by atoms with Crippen molar-refractivity contribution < 1.29 is 9.53 Å². The maximum Gasteiger partial charge on any atom is 0.260 e. The standard InChI is InChI=1S/C17H26N2O2/c1-4-18-16-8-6-7-13-9-10-14(11-15(13)16)21-12(3)17(20)19-5-2/h9-12,16,18H,4-8H2,1-3H3,(H,19,20). The van der Waals surface area contributed by atoms with E-state index < -0.39 is 6.10 Å². The molecule has 0 fully saturated rings. The average molecular weight is 290 g/mol. The summed E-state index contributed by atoms with van der Waals surface area (Å²) in [4.78, 5) is 11.8. The molecule has 0 saturated heterocycles. The van der Waals surface area contributed by atoms with Crippen molar-refractivity contribution in [2.75, 3.05) is 13.1 Å². The Bertz CT molecular complexity index is 488. The SMILES string of the molecule is CCNC(=O)C(C)Oc1ccc2c(c1)C(NCC)CCC2. The Morgan fingerprint density at radius 3 is 2.90 bits per heavy atom. The first-order valence-electron chi connectivity index (χ1n) is 7.96. The van der Waals surface area contributed by atoms with Gasteiger partial charge >= 0.3 is 0 Å². The van der Waals surface area contributed by atoms with Crippen molar-refractivity contribution in [3.05, 3.63) is 29.3 Å². The zero-order valence-electron chi connectivity index (χ0n) is 13.2. The highest BCUT2D eigenvalue weighted by Crippen LogP contribution is 2.32. The second-order valence-electron chi connectivity index (χ2n) is 5.52. The zero-order chi connectivity index (χ0) is 15.2. The molecule has 1 aromatic rings. The molecule has 0 radical (unpaired) electrons. The molecule has 4 heteroatoms. The first-order chi connectivity index (χ1) is 10.2. The minimum absolute atomic E-state index is 0.0709. The molecule has 0 saturated carbocycles. The van der Waals surface area contributed by atoms with E-state index in [0.29, 0.717) is 12.6 Å². The largest absolute Gasteiger partial charge is 0.481 e. The molecule has 1 aliphatic carbocycles. The van der Waals surface area contributed by atoms with E-state index in [9.17, 15) is 4.79 Å². The van der Waals surface area contributed by atoms with E-state index in [1.165, 1.54) is 17.5 Å². The maximum absolute atomic E-state index is 11.8. The Hall–Kier alpha value is -1.55. The predicted octanol–water partition coefficient (Wildman–Crippen LogP) is 2.58. The van der Waals surface area contributed by atoms with Gasteiger partial charge in [-0.05, 0) is 62.9 Å². The van der Waals surface area contributed by atoms with Gasteiger partial charge in [0.1, 0.15) is 5.75 Å². The van der Waals surface area contributed by atoms with Crippen LogP contribution in [0.15, 0.2) is 18.2 Å². The molecule has 2 unspecified atom stereocenters. The van der Waals surface area contributed by atoms with Crippen LogP contribution in [0, 0.1) is 0 Å². The van der Waals surface area contributed by atoms with Crippen molar-refractivity contribution >= 4 is 5.91 Å². The zero-order valence-corrected chi connectivity index (χ0v) is 13.2. The first-order valence-corrected chi connectivity index (χ1v) is 7.96. The van der Waals surface area contributed by atoms with Gasteiger partial charge in [-0.3, -0.25) is 4.79 Å². The Morgan fingerprint density at radius 1 is 1.38 bits per heavy atom. The van der Waals surface area contributed by atoms with Crippen LogP contribution in [0.2, 0.25) is 0 Å². The normalized spacial score (nSPS) is 18.7. The van der Waals surface area contributed by atoms with Gasteiger partial charge in [-0.25, -0.2) is 0 Å². The predicted molar refractivity (Wildman–Crippen MR) is 84.6 cm³/mol. The lowest BCUT2D eigenvalue weighted by atomic mass is 9.87. The second-order valence-corrected chi connectivity index (χ2v) is 5.52. The van der Waals surface area contributed by atoms with Gasteiger partial charge in [0.2, 0.25) is 0 Å². The maximum atomic E-state index is 11.8. The van der Waals surface area contributed by atoms with Crippen molar-refractivity contribution in [3.63, 3.8) is 0 Å². The molecule has 4 nitrogen and oxygen atoms in total. The molecule has 1 amide bonds. The summed E-state index contributed by atoms with van der Waals surface area (Å²) in [5, 5.41) is 6.31. The molecule has 0 aromatic heterocycles. The number of carbonyl (C=O) groups excluding carboxylic acids is 1. The van der Waals surface area contributed by atoms with Gasteiger partial charge in [0.25, 0.3) is 5.91 Å². The number of fused-ring (bicyclic) bond motifs is 1. The van der Waals surface area contributed by atoms with Crippen molar-refractivity contribution in [3.8, 4) is 5.75 Å². The lowest BCUT2D eigenvalue weighted by Crippen LogP contribution is -2.36. The molecule has 2 N–H and O–H groups in total. The van der Waals surface area contributed by atoms with Gasteiger partial charge in [0.15, 0.2) is 6.10 Å². The molecule has 1 aliphatic rings. The minimum atomic E-state index is -0.468. The number of rotatable bonds is 6. The molecule has 0 aliphatic heterocycles. The number of carbonyl (C=O) groups is 1. The average Bonchev–Trinajstić information content (AvgIpc) is 2.48. The first kappa shape index (κ1) is 15.8. The summed E-state index contributed by atoms with van der Waals surface area (Å²) in [6.07, 6.45) is 3.05. The molecule has 2 atom stereocenters. The highest BCUT2D eigenvalue weighted by Gasteiger charge is 2.21. The third kappa shape index (κ3) is 3.97. The fourth-order valence-corrected chi connectivity index (χ4v) is 2.88. The summed E-state index contributed by atoms with van der Waals surface area (Å²) < 4.78 is 5.78.